The van der Waals surface area contributed by atoms with E-state index in [0.29, 0.717) is 69.5 Å². The van der Waals surface area contributed by atoms with E-state index in [-0.39, 0.29) is 21.0 Å². The average Bonchev–Trinajstić information content (AvgIpc) is 3.05. The number of unbranched alkanes of at least 4 members (excludes halogenated alkanes) is 1. The number of alkyl halides is 4. The van der Waals surface area contributed by atoms with E-state index in [4.69, 9.17) is 5.73 Å². The molecule has 0 saturated carbocycles. The van der Waals surface area contributed by atoms with Gasteiger partial charge in [0.25, 0.3) is 0 Å². The van der Waals surface area contributed by atoms with Crippen LogP contribution in [0.5, 0.6) is 0 Å². The van der Waals surface area contributed by atoms with Crippen LogP contribution in [0.4, 0.5) is 19.0 Å². The summed E-state index contributed by atoms with van der Waals surface area (Å²) in [4.78, 5) is 18.0. The van der Waals surface area contributed by atoms with Gasteiger partial charge >= 0.3 is 12.1 Å². The minimum absolute atomic E-state index is 0.107. The minimum Gasteiger partial charge on any atom is -0.480 e. The lowest BCUT2D eigenvalue weighted by Crippen LogP contribution is -2.42. The van der Waals surface area contributed by atoms with Crippen LogP contribution >= 0.6 is 15.9 Å². The molecule has 0 bridgehead atoms. The van der Waals surface area contributed by atoms with E-state index in [1.165, 1.54) is 16.6 Å². The highest BCUT2D eigenvalue weighted by molar-refractivity contribution is 9.09. The molecule has 1 aromatic heterocycles. The fraction of sp³-hybridized carbons (Fsp3) is 0.613. The normalized spacial score (nSPS) is 20.9. The number of nitrogens with two attached hydrogens (primary N) is 1. The molecule has 1 aromatic carbocycles. The number of hydrogen-bond donors (Lipinski definition) is 3. The Balaban J connectivity index is 1.20. The molecule has 2 saturated heterocycles. The molecule has 0 amide bonds. The lowest BCUT2D eigenvalue weighted by atomic mass is 9.87. The van der Waals surface area contributed by atoms with Crippen LogP contribution in [0.25, 0.3) is 0 Å². The minimum atomic E-state index is -4.52. The van der Waals surface area contributed by atoms with Crippen LogP contribution in [0.3, 0.4) is 0 Å². The summed E-state index contributed by atoms with van der Waals surface area (Å²) in [6.45, 7) is 2.50. The number of piperidine rings is 2. The number of nitrogens with zero attached hydrogens (tertiary/aromatic N) is 3. The van der Waals surface area contributed by atoms with Gasteiger partial charge in [0.15, 0.2) is 0 Å². The summed E-state index contributed by atoms with van der Waals surface area (Å²) < 4.78 is 93.8. The number of sulfonamides is 2. The van der Waals surface area contributed by atoms with Crippen molar-refractivity contribution in [3.63, 3.8) is 0 Å². The van der Waals surface area contributed by atoms with Gasteiger partial charge in [-0.15, -0.1) is 0 Å². The van der Waals surface area contributed by atoms with Crippen LogP contribution < -0.4 is 15.4 Å². The summed E-state index contributed by atoms with van der Waals surface area (Å²) in [6, 6.07) is 5.44. The number of pyridine rings is 1. The van der Waals surface area contributed by atoms with E-state index < -0.39 is 43.8 Å². The maximum atomic E-state index is 13.0. The second kappa shape index (κ2) is 16.6. The number of aromatic nitrogens is 1. The highest BCUT2D eigenvalue weighted by Crippen LogP contribution is 2.34. The van der Waals surface area contributed by atoms with E-state index in [0.717, 1.165) is 56.5 Å². The first-order valence-electron chi connectivity index (χ1n) is 16.1. The van der Waals surface area contributed by atoms with Crippen LogP contribution in [0, 0.1) is 11.8 Å². The number of aliphatic carboxylic acids is 1. The van der Waals surface area contributed by atoms with Gasteiger partial charge < -0.3 is 15.7 Å². The molecule has 0 spiro atoms. The molecule has 0 radical (unpaired) electrons. The number of carboxylic acid groups (broad SMARTS) is 1. The van der Waals surface area contributed by atoms with Crippen molar-refractivity contribution in [1.82, 2.24) is 14.0 Å². The van der Waals surface area contributed by atoms with Gasteiger partial charge in [-0.2, -0.15) is 22.2 Å². The quantitative estimate of drug-likeness (QED) is 0.170. The Morgan fingerprint density at radius 2 is 1.65 bits per heavy atom. The Hall–Kier alpha value is -2.31. The standard InChI is InChI=1S/C31H43BrF3N5O6S2/c32-27-21-39(29-12-11-26(20-37-29)47(43,44)38-28(30(41)42)6-1-2-16-36)17-15-23(27)5-3-4-22-13-18-40(19-14-22)48(45,46)25-9-7-24(8-10-25)31(33,34)35/h7-12,20,22-23,27-28,38H,1-6,13-19,21,36H2,(H,41,42). The smallest absolute Gasteiger partial charge is 0.416 e. The van der Waals surface area contributed by atoms with Gasteiger partial charge in [0.1, 0.15) is 16.8 Å². The zero-order valence-corrected chi connectivity index (χ0v) is 29.7. The Labute approximate surface area is 288 Å². The van der Waals surface area contributed by atoms with Crippen LogP contribution in [0.2, 0.25) is 0 Å². The summed E-state index contributed by atoms with van der Waals surface area (Å²) in [7, 11) is -7.93. The van der Waals surface area contributed by atoms with E-state index in [1.54, 1.807) is 6.07 Å². The molecule has 2 aromatic rings. The van der Waals surface area contributed by atoms with E-state index in [2.05, 4.69) is 30.5 Å². The topological polar surface area (TPSA) is 163 Å². The van der Waals surface area contributed by atoms with E-state index in [9.17, 15) is 39.9 Å². The number of carboxylic acids is 1. The molecule has 4 rings (SSSR count). The Morgan fingerprint density at radius 3 is 2.21 bits per heavy atom. The van der Waals surface area contributed by atoms with Gasteiger partial charge in [-0.25, -0.2) is 21.8 Å². The molecular formula is C31H43BrF3N5O6S2. The Kier molecular flexibility index (Phi) is 13.3. The first kappa shape index (κ1) is 38.5. The highest BCUT2D eigenvalue weighted by Gasteiger charge is 2.34. The molecule has 2 aliphatic heterocycles. The van der Waals surface area contributed by atoms with Crippen molar-refractivity contribution in [2.75, 3.05) is 37.6 Å². The first-order valence-corrected chi connectivity index (χ1v) is 19.9. The molecule has 11 nitrogen and oxygen atoms in total. The van der Waals surface area contributed by atoms with Gasteiger partial charge in [-0.05, 0) is 93.3 Å². The Bertz CT molecular complexity index is 1570. The van der Waals surface area contributed by atoms with Crippen LogP contribution in [-0.4, -0.2) is 80.8 Å². The molecule has 2 fully saturated rings. The second-order valence-corrected chi connectivity index (χ2v) is 17.3. The van der Waals surface area contributed by atoms with Crippen molar-refractivity contribution in [1.29, 1.82) is 0 Å². The molecular weight excluding hydrogens is 739 g/mol. The van der Waals surface area contributed by atoms with Crippen LogP contribution in [-0.2, 0) is 31.0 Å². The summed E-state index contributed by atoms with van der Waals surface area (Å²) in [5, 5.41) is 9.43. The summed E-state index contributed by atoms with van der Waals surface area (Å²) in [6.07, 6.45) is 3.21. The van der Waals surface area contributed by atoms with Crippen molar-refractivity contribution in [2.45, 2.75) is 84.6 Å². The van der Waals surface area contributed by atoms with Crippen molar-refractivity contribution in [3.8, 4) is 0 Å². The van der Waals surface area contributed by atoms with Crippen LogP contribution in [0.15, 0.2) is 52.4 Å². The fourth-order valence-corrected chi connectivity index (χ4v) is 9.77. The lowest BCUT2D eigenvalue weighted by Gasteiger charge is -2.37. The first-order chi connectivity index (χ1) is 22.6. The van der Waals surface area contributed by atoms with E-state index in [1.807, 2.05) is 0 Å². The third-order valence-electron chi connectivity index (χ3n) is 9.15. The molecule has 48 heavy (non-hydrogen) atoms. The molecule has 3 heterocycles. The van der Waals surface area contributed by atoms with Crippen molar-refractivity contribution < 1.29 is 39.9 Å². The number of benzene rings is 1. The van der Waals surface area contributed by atoms with Crippen molar-refractivity contribution >= 4 is 47.8 Å². The van der Waals surface area contributed by atoms with Gasteiger partial charge in [0.05, 0.1) is 10.5 Å². The monoisotopic (exact) mass is 781 g/mol. The SMILES string of the molecule is NCCCCC(NS(=O)(=O)c1ccc(N2CCC(CCCC3CCN(S(=O)(=O)c4ccc(C(F)(F)F)cc4)CC3)C(Br)C2)nc1)C(=O)O. The van der Waals surface area contributed by atoms with Gasteiger partial charge in [-0.1, -0.05) is 35.2 Å². The number of halogens is 4. The molecule has 3 unspecified atom stereocenters. The summed E-state index contributed by atoms with van der Waals surface area (Å²) in [5.74, 6) is 0.190. The summed E-state index contributed by atoms with van der Waals surface area (Å²) in [5.41, 5.74) is 4.57. The number of hydrogen-bond acceptors (Lipinski definition) is 8. The maximum Gasteiger partial charge on any atom is 0.416 e. The van der Waals surface area contributed by atoms with Crippen LogP contribution in [0.1, 0.15) is 63.4 Å². The fourth-order valence-electron chi connectivity index (χ4n) is 6.26. The van der Waals surface area contributed by atoms with Crippen molar-refractivity contribution in [3.05, 3.63) is 48.2 Å². The molecule has 268 valence electrons. The second-order valence-electron chi connectivity index (χ2n) is 12.5. The maximum absolute atomic E-state index is 13.0. The molecule has 3 atom stereocenters. The predicted molar refractivity (Wildman–Crippen MR) is 179 cm³/mol. The largest absolute Gasteiger partial charge is 0.480 e. The van der Waals surface area contributed by atoms with E-state index >= 15 is 0 Å². The molecule has 2 aliphatic rings. The zero-order chi connectivity index (χ0) is 35.1. The number of rotatable bonds is 15. The third kappa shape index (κ3) is 10.1. The number of carbonyl (C=O) groups is 1. The number of anilines is 1. The highest BCUT2D eigenvalue weighted by atomic mass is 79.9. The van der Waals surface area contributed by atoms with Crippen molar-refractivity contribution in [2.24, 2.45) is 17.6 Å². The zero-order valence-electron chi connectivity index (χ0n) is 26.5. The molecule has 0 aliphatic carbocycles. The lowest BCUT2D eigenvalue weighted by molar-refractivity contribution is -0.139. The Morgan fingerprint density at radius 1 is 0.979 bits per heavy atom. The summed E-state index contributed by atoms with van der Waals surface area (Å²) >= 11 is 3.82. The van der Waals surface area contributed by atoms with Gasteiger partial charge in [0, 0.05) is 37.2 Å². The number of nitrogens with one attached hydrogen (secondary N) is 1. The van der Waals surface area contributed by atoms with Gasteiger partial charge in [0.2, 0.25) is 20.0 Å². The average molecular weight is 783 g/mol. The third-order valence-corrected chi connectivity index (χ3v) is 13.6. The molecule has 4 N–H and O–H groups in total. The molecule has 17 heteroatoms. The predicted octanol–water partition coefficient (Wildman–Crippen LogP) is 4.82. The van der Waals surface area contributed by atoms with Gasteiger partial charge in [-0.3, -0.25) is 4.79 Å².